The molecule has 0 saturated heterocycles. The van der Waals surface area contributed by atoms with Crippen LogP contribution < -0.4 is 5.56 Å². The Labute approximate surface area is 383 Å². The van der Waals surface area contributed by atoms with E-state index >= 15 is 4.79 Å². The number of para-hydroxylation sites is 4. The molecule has 0 spiro atoms. The van der Waals surface area contributed by atoms with Crippen molar-refractivity contribution in [2.45, 2.75) is 0 Å². The van der Waals surface area contributed by atoms with Crippen molar-refractivity contribution in [2.75, 3.05) is 0 Å². The van der Waals surface area contributed by atoms with E-state index in [0.29, 0.717) is 11.3 Å². The van der Waals surface area contributed by atoms with E-state index in [-0.39, 0.29) is 5.56 Å². The molecular formula is C61H37N5O. The fourth-order valence-electron chi connectivity index (χ4n) is 10.7. The molecule has 0 aliphatic rings. The summed E-state index contributed by atoms with van der Waals surface area (Å²) < 4.78 is 6.37. The molecule has 67 heavy (non-hydrogen) atoms. The maximum atomic E-state index is 15.8. The highest BCUT2D eigenvalue weighted by atomic mass is 16.1. The van der Waals surface area contributed by atoms with Gasteiger partial charge >= 0.3 is 0 Å². The van der Waals surface area contributed by atoms with E-state index in [1.807, 2.05) is 71.3 Å². The van der Waals surface area contributed by atoms with Gasteiger partial charge in [0.25, 0.3) is 5.56 Å². The molecule has 0 atom stereocenters. The van der Waals surface area contributed by atoms with Gasteiger partial charge in [-0.25, -0.2) is 9.97 Å². The standard InChI is InChI=1S/C61H37N5O/c67-60-57-48(56-44-23-11-10-16-38(44)28-35-55(56)65(60)43-21-8-3-9-22-43)32-31-46-50-37-41(40-29-33-53-49(36-40)45-24-13-15-27-52(45)64(53)42-19-6-2-7-20-42)30-34-54(50)66(59(46)57)61-62-51-26-14-12-25-47(51)58(63-61)39-17-4-1-5-18-39/h1-37H. The molecule has 0 aliphatic carbocycles. The molecule has 0 fully saturated rings. The summed E-state index contributed by atoms with van der Waals surface area (Å²) in [5.74, 6) is 0.497. The van der Waals surface area contributed by atoms with Gasteiger partial charge in [-0.3, -0.25) is 13.9 Å². The molecule has 0 radical (unpaired) electrons. The second-order valence-corrected chi connectivity index (χ2v) is 17.3. The molecule has 10 aromatic carbocycles. The van der Waals surface area contributed by atoms with Crippen LogP contribution in [-0.2, 0) is 0 Å². The van der Waals surface area contributed by atoms with Gasteiger partial charge in [0.1, 0.15) is 0 Å². The number of nitrogens with zero attached hydrogens (tertiary/aromatic N) is 5. The molecular weight excluding hydrogens is 819 g/mol. The molecule has 0 saturated carbocycles. The minimum absolute atomic E-state index is 0.108. The van der Waals surface area contributed by atoms with E-state index in [9.17, 15) is 0 Å². The quantitative estimate of drug-likeness (QED) is 0.162. The van der Waals surface area contributed by atoms with E-state index in [1.165, 1.54) is 10.8 Å². The third kappa shape index (κ3) is 5.54. The fourth-order valence-corrected chi connectivity index (χ4v) is 10.7. The van der Waals surface area contributed by atoms with Gasteiger partial charge in [0, 0.05) is 49.3 Å². The molecule has 6 nitrogen and oxygen atoms in total. The van der Waals surface area contributed by atoms with Crippen molar-refractivity contribution in [1.29, 1.82) is 0 Å². The Morgan fingerprint density at radius 3 is 1.63 bits per heavy atom. The molecule has 0 unspecified atom stereocenters. The number of hydrogen-bond donors (Lipinski definition) is 0. The molecule has 14 aromatic rings. The Bertz CT molecular complexity index is 4400. The first kappa shape index (κ1) is 37.3. The summed E-state index contributed by atoms with van der Waals surface area (Å²) in [4.78, 5) is 26.6. The first-order chi connectivity index (χ1) is 33.2. The third-order valence-corrected chi connectivity index (χ3v) is 13.6. The van der Waals surface area contributed by atoms with Crippen molar-refractivity contribution in [1.82, 2.24) is 23.7 Å². The van der Waals surface area contributed by atoms with Crippen molar-refractivity contribution in [3.63, 3.8) is 0 Å². The van der Waals surface area contributed by atoms with Gasteiger partial charge in [-0.2, -0.15) is 0 Å². The van der Waals surface area contributed by atoms with Crippen molar-refractivity contribution in [3.05, 3.63) is 235 Å². The van der Waals surface area contributed by atoms with Crippen molar-refractivity contribution >= 4 is 87.0 Å². The van der Waals surface area contributed by atoms with E-state index in [4.69, 9.17) is 9.97 Å². The van der Waals surface area contributed by atoms with Gasteiger partial charge in [-0.15, -0.1) is 0 Å². The van der Waals surface area contributed by atoms with Gasteiger partial charge in [-0.1, -0.05) is 158 Å². The Hall–Kier alpha value is -9.13. The van der Waals surface area contributed by atoms with Gasteiger partial charge in [-0.05, 0) is 94.0 Å². The van der Waals surface area contributed by atoms with Crippen molar-refractivity contribution < 1.29 is 0 Å². The van der Waals surface area contributed by atoms with Crippen LogP contribution in [0.2, 0.25) is 0 Å². The first-order valence-corrected chi connectivity index (χ1v) is 22.6. The SMILES string of the molecule is O=c1c2c(ccc3c4cc(-c5ccc6c(c5)c5ccccc5n6-c5ccccc5)ccc4n(-c4nc(-c5ccccc5)c5ccccc5n4)c32)c2c3ccccc3ccc2n1-c1ccccc1. The number of rotatable bonds is 5. The normalized spacial score (nSPS) is 11.9. The van der Waals surface area contributed by atoms with E-state index in [2.05, 4.69) is 167 Å². The van der Waals surface area contributed by atoms with Gasteiger partial charge in [0.2, 0.25) is 5.95 Å². The average molecular weight is 856 g/mol. The molecule has 0 aliphatic heterocycles. The molecule has 0 amide bonds. The van der Waals surface area contributed by atoms with Crippen LogP contribution in [0.1, 0.15) is 0 Å². The van der Waals surface area contributed by atoms with E-state index in [0.717, 1.165) is 105 Å². The zero-order valence-electron chi connectivity index (χ0n) is 36.0. The number of fused-ring (bicyclic) bond motifs is 13. The second kappa shape index (κ2) is 14.4. The lowest BCUT2D eigenvalue weighted by Crippen LogP contribution is -2.20. The minimum atomic E-state index is -0.108. The van der Waals surface area contributed by atoms with Crippen LogP contribution in [0.3, 0.4) is 0 Å². The van der Waals surface area contributed by atoms with Crippen molar-refractivity contribution in [3.8, 4) is 39.7 Å². The predicted molar refractivity (Wildman–Crippen MR) is 277 cm³/mol. The Morgan fingerprint density at radius 2 is 0.881 bits per heavy atom. The highest BCUT2D eigenvalue weighted by molar-refractivity contribution is 6.27. The zero-order chi connectivity index (χ0) is 44.2. The molecule has 312 valence electrons. The smallest absolute Gasteiger partial charge is 0.265 e. The molecule has 0 N–H and O–H groups in total. The van der Waals surface area contributed by atoms with Crippen LogP contribution in [0.5, 0.6) is 0 Å². The lowest BCUT2D eigenvalue weighted by atomic mass is 9.97. The van der Waals surface area contributed by atoms with Crippen molar-refractivity contribution in [2.24, 2.45) is 0 Å². The first-order valence-electron chi connectivity index (χ1n) is 22.6. The summed E-state index contributed by atoms with van der Waals surface area (Å²) in [6.45, 7) is 0. The molecule has 4 aromatic heterocycles. The summed E-state index contributed by atoms with van der Waals surface area (Å²) in [6.07, 6.45) is 0. The number of pyridine rings is 1. The Balaban J connectivity index is 1.12. The average Bonchev–Trinajstić information content (AvgIpc) is 3.91. The van der Waals surface area contributed by atoms with Crippen LogP contribution in [-0.4, -0.2) is 23.7 Å². The highest BCUT2D eigenvalue weighted by Gasteiger charge is 2.24. The van der Waals surface area contributed by atoms with E-state index in [1.54, 1.807) is 0 Å². The third-order valence-electron chi connectivity index (χ3n) is 13.6. The minimum Gasteiger partial charge on any atom is -0.309 e. The van der Waals surface area contributed by atoms with Crippen LogP contribution >= 0.6 is 0 Å². The molecule has 0 bridgehead atoms. The lowest BCUT2D eigenvalue weighted by molar-refractivity contribution is 1.01. The number of benzene rings is 10. The number of aromatic nitrogens is 5. The lowest BCUT2D eigenvalue weighted by Gasteiger charge is -2.17. The largest absolute Gasteiger partial charge is 0.309 e. The highest BCUT2D eigenvalue weighted by Crippen LogP contribution is 2.42. The van der Waals surface area contributed by atoms with Crippen LogP contribution in [0.4, 0.5) is 0 Å². The zero-order valence-corrected chi connectivity index (χ0v) is 36.0. The molecule has 6 heteroatoms. The van der Waals surface area contributed by atoms with Gasteiger partial charge < -0.3 is 4.57 Å². The predicted octanol–water partition coefficient (Wildman–Crippen LogP) is 14.8. The maximum absolute atomic E-state index is 15.8. The second-order valence-electron chi connectivity index (χ2n) is 17.3. The summed E-state index contributed by atoms with van der Waals surface area (Å²) in [7, 11) is 0. The molecule has 14 rings (SSSR count). The monoisotopic (exact) mass is 855 g/mol. The van der Waals surface area contributed by atoms with Gasteiger partial charge in [0.15, 0.2) is 0 Å². The van der Waals surface area contributed by atoms with Crippen LogP contribution in [0.15, 0.2) is 229 Å². The maximum Gasteiger partial charge on any atom is 0.265 e. The van der Waals surface area contributed by atoms with Crippen LogP contribution in [0, 0.1) is 0 Å². The summed E-state index contributed by atoms with van der Waals surface area (Å²) in [5.41, 5.74) is 11.5. The van der Waals surface area contributed by atoms with E-state index < -0.39 is 0 Å². The summed E-state index contributed by atoms with van der Waals surface area (Å²) in [5, 5.41) is 9.98. The topological polar surface area (TPSA) is 57.6 Å². The fraction of sp³-hybridized carbons (Fsp3) is 0. The molecule has 4 heterocycles. The Morgan fingerprint density at radius 1 is 0.328 bits per heavy atom. The number of hydrogen-bond acceptors (Lipinski definition) is 3. The summed E-state index contributed by atoms with van der Waals surface area (Å²) >= 11 is 0. The van der Waals surface area contributed by atoms with Gasteiger partial charge in [0.05, 0.1) is 44.2 Å². The Kier molecular flexibility index (Phi) is 8.03. The summed E-state index contributed by atoms with van der Waals surface area (Å²) in [6, 6.07) is 78.1. The van der Waals surface area contributed by atoms with Crippen LogP contribution in [0.25, 0.3) is 127 Å².